The fourth-order valence-electron chi connectivity index (χ4n) is 1.79. The first-order valence-corrected chi connectivity index (χ1v) is 11.9. The van der Waals surface area contributed by atoms with Crippen LogP contribution in [0.15, 0.2) is 54.6 Å². The number of halogens is 1. The standard InChI is InChI=1S/C14H9.BrH.Zn/c1-2-6-12-10-14-8-4-3-7-13(14)9-11(12)5-1;;/h1-9H;1H;/q-1;;+2/p-1. The Bertz CT molecular complexity index is 499. The van der Waals surface area contributed by atoms with Gasteiger partial charge in [0.15, 0.2) is 0 Å². The molecule has 0 spiro atoms. The summed E-state index contributed by atoms with van der Waals surface area (Å²) in [6, 6.07) is 22.3. The molecule has 0 fully saturated rings. The van der Waals surface area contributed by atoms with Crippen molar-refractivity contribution in [3.63, 3.8) is 0 Å². The molecule has 0 aromatic heterocycles. The average molecular weight is 323 g/mol. The zero-order valence-corrected chi connectivity index (χ0v) is 13.3. The predicted octanol–water partition coefficient (Wildman–Crippen LogP) is 4.64. The van der Waals surface area contributed by atoms with Crippen molar-refractivity contribution >= 4 is 35.2 Å². The molecule has 0 bridgehead atoms. The van der Waals surface area contributed by atoms with Crippen LogP contribution in [0.3, 0.4) is 0 Å². The Kier molecular flexibility index (Phi) is 4.09. The zero-order chi connectivity index (χ0) is 11.4. The van der Waals surface area contributed by atoms with Crippen LogP contribution in [0.5, 0.6) is 0 Å². The van der Waals surface area contributed by atoms with Gasteiger partial charge in [0.25, 0.3) is 0 Å². The van der Waals surface area contributed by atoms with E-state index in [0.29, 0.717) is 0 Å². The van der Waals surface area contributed by atoms with Crippen LogP contribution < -0.4 is 0 Å². The molecule has 2 heteroatoms. The van der Waals surface area contributed by atoms with E-state index in [1.54, 1.807) is 0 Å². The molecule has 0 amide bonds. The second-order valence-corrected chi connectivity index (χ2v) is 3.44. The molecule has 16 heavy (non-hydrogen) atoms. The number of rotatable bonds is 0. The molecule has 0 saturated carbocycles. The quantitative estimate of drug-likeness (QED) is 0.321. The maximum absolute atomic E-state index is 3.41. The smallest absolute Gasteiger partial charge is 0.0765 e. The third-order valence-corrected chi connectivity index (χ3v) is 2.50. The van der Waals surface area contributed by atoms with Gasteiger partial charge in [0.2, 0.25) is 0 Å². The fourth-order valence-corrected chi connectivity index (χ4v) is 1.79. The second kappa shape index (κ2) is 5.56. The minimum atomic E-state index is 1.19. The monoisotopic (exact) mass is 320 g/mol. The van der Waals surface area contributed by atoms with Crippen LogP contribution in [0.2, 0.25) is 0 Å². The number of hydrogen-bond donors (Lipinski definition) is 0. The molecule has 0 atom stereocenters. The van der Waals surface area contributed by atoms with E-state index in [9.17, 15) is 0 Å². The molecule has 3 aromatic rings. The van der Waals surface area contributed by atoms with E-state index in [-0.39, 0.29) is 0 Å². The van der Waals surface area contributed by atoms with Gasteiger partial charge < -0.3 is 0 Å². The number of hydrogen-bond acceptors (Lipinski definition) is 0. The van der Waals surface area contributed by atoms with Gasteiger partial charge in [-0.2, -0.15) is 0 Å². The normalized spacial score (nSPS) is 9.94. The molecule has 0 unspecified atom stereocenters. The first kappa shape index (κ1) is 11.8. The molecule has 3 aromatic carbocycles. The van der Waals surface area contributed by atoms with Crippen LogP contribution in [0, 0.1) is 6.07 Å². The van der Waals surface area contributed by atoms with Gasteiger partial charge in [-0.3, -0.25) is 0 Å². The van der Waals surface area contributed by atoms with E-state index in [4.69, 9.17) is 0 Å². The Hall–Kier alpha value is -0.717. The Morgan fingerprint density at radius 3 is 1.69 bits per heavy atom. The molecular formula is C14H9BrZn. The Morgan fingerprint density at radius 1 is 0.750 bits per heavy atom. The van der Waals surface area contributed by atoms with Crippen molar-refractivity contribution in [2.24, 2.45) is 0 Å². The van der Waals surface area contributed by atoms with Crippen molar-refractivity contribution in [1.29, 1.82) is 0 Å². The largest absolute Gasteiger partial charge is 0.118 e. The van der Waals surface area contributed by atoms with Crippen LogP contribution in [0.4, 0.5) is 0 Å². The van der Waals surface area contributed by atoms with Crippen molar-refractivity contribution in [2.75, 3.05) is 0 Å². The number of benzene rings is 3. The minimum Gasteiger partial charge on any atom is -0.118 e. The van der Waals surface area contributed by atoms with Crippen molar-refractivity contribution in [2.45, 2.75) is 0 Å². The van der Waals surface area contributed by atoms with Crippen LogP contribution in [-0.2, 0) is 16.3 Å². The minimum absolute atomic E-state index is 1.19. The molecule has 0 saturated heterocycles. The van der Waals surface area contributed by atoms with Gasteiger partial charge in [-0.15, -0.1) is 35.0 Å². The maximum atomic E-state index is 3.41. The summed E-state index contributed by atoms with van der Waals surface area (Å²) in [5.41, 5.74) is 0. The summed E-state index contributed by atoms with van der Waals surface area (Å²) < 4.78 is 0. The summed E-state index contributed by atoms with van der Waals surface area (Å²) in [5.74, 6) is 0. The van der Waals surface area contributed by atoms with E-state index in [1.807, 2.05) is 12.1 Å². The molecule has 0 aliphatic carbocycles. The van der Waals surface area contributed by atoms with Gasteiger partial charge in [0.1, 0.15) is 0 Å². The summed E-state index contributed by atoms with van der Waals surface area (Å²) in [6.45, 7) is 0. The summed E-state index contributed by atoms with van der Waals surface area (Å²) in [4.78, 5) is 0. The number of fused-ring (bicyclic) bond motifs is 2. The summed E-state index contributed by atoms with van der Waals surface area (Å²) in [5, 5.41) is 4.88. The molecule has 0 N–H and O–H groups in total. The van der Waals surface area contributed by atoms with Gasteiger partial charge in [0.05, 0.1) is 0 Å². The first-order valence-electron chi connectivity index (χ1n) is 5.00. The molecule has 3 rings (SSSR count). The van der Waals surface area contributed by atoms with E-state index in [1.165, 1.54) is 37.9 Å². The molecule has 0 heterocycles. The van der Waals surface area contributed by atoms with Crippen LogP contribution in [0.25, 0.3) is 21.5 Å². The van der Waals surface area contributed by atoms with E-state index in [2.05, 4.69) is 62.2 Å². The Balaban J connectivity index is 0.000000457. The molecular weight excluding hydrogens is 313 g/mol. The fraction of sp³-hybridized carbons (Fsp3) is 0. The molecule has 74 valence electrons. The van der Waals surface area contributed by atoms with Crippen LogP contribution in [-0.4, -0.2) is 0 Å². The maximum Gasteiger partial charge on any atom is -0.0765 e. The molecule has 0 aliphatic heterocycles. The SMILES string of the molecule is [Zn+][Br].[c-]1c2ccccc2cc2ccccc12. The van der Waals surface area contributed by atoms with E-state index in [0.717, 1.165) is 0 Å². The third kappa shape index (κ3) is 2.34. The molecule has 0 radical (unpaired) electrons. The third-order valence-electron chi connectivity index (χ3n) is 2.50. The molecule has 0 aliphatic rings. The summed E-state index contributed by atoms with van der Waals surface area (Å²) in [6.07, 6.45) is 0. The van der Waals surface area contributed by atoms with Gasteiger partial charge in [-0.25, -0.2) is 0 Å². The average Bonchev–Trinajstić information content (AvgIpc) is 2.38. The molecule has 0 nitrogen and oxygen atoms in total. The van der Waals surface area contributed by atoms with Crippen molar-refractivity contribution in [1.82, 2.24) is 0 Å². The zero-order valence-electron chi connectivity index (χ0n) is 8.78. The van der Waals surface area contributed by atoms with E-state index < -0.39 is 0 Å². The van der Waals surface area contributed by atoms with Gasteiger partial charge >= 0.3 is 30.0 Å². The van der Waals surface area contributed by atoms with Crippen molar-refractivity contribution < 1.29 is 16.3 Å². The van der Waals surface area contributed by atoms with Gasteiger partial charge in [-0.1, -0.05) is 47.2 Å². The van der Waals surface area contributed by atoms with Crippen molar-refractivity contribution in [3.05, 3.63) is 60.7 Å². The van der Waals surface area contributed by atoms with E-state index >= 15 is 0 Å². The predicted molar refractivity (Wildman–Crippen MR) is 69.2 cm³/mol. The Morgan fingerprint density at radius 2 is 1.19 bits per heavy atom. The van der Waals surface area contributed by atoms with Crippen LogP contribution >= 0.6 is 13.6 Å². The second-order valence-electron chi connectivity index (χ2n) is 3.44. The Labute approximate surface area is 112 Å². The first-order chi connectivity index (χ1) is 7.93. The van der Waals surface area contributed by atoms with Crippen molar-refractivity contribution in [3.8, 4) is 0 Å². The van der Waals surface area contributed by atoms with Gasteiger partial charge in [0, 0.05) is 0 Å². The van der Waals surface area contributed by atoms with Crippen LogP contribution in [0.1, 0.15) is 0 Å². The topological polar surface area (TPSA) is 0 Å². The summed E-state index contributed by atoms with van der Waals surface area (Å²) >= 11 is 4.25. The van der Waals surface area contributed by atoms with Gasteiger partial charge in [-0.05, 0) is 0 Å². The summed E-state index contributed by atoms with van der Waals surface area (Å²) in [7, 11) is 0.